The molecule has 0 unspecified atom stereocenters. The van der Waals surface area contributed by atoms with Crippen molar-refractivity contribution in [3.05, 3.63) is 35.6 Å². The Balaban J connectivity index is 2.29. The van der Waals surface area contributed by atoms with Crippen LogP contribution in [0.2, 0.25) is 0 Å². The lowest BCUT2D eigenvalue weighted by atomic mass is 10.2. The fourth-order valence-electron chi connectivity index (χ4n) is 1.52. The van der Waals surface area contributed by atoms with Crippen LogP contribution >= 0.6 is 0 Å². The number of ether oxygens (including phenoxy) is 1. The summed E-state index contributed by atoms with van der Waals surface area (Å²) in [6.07, 6.45) is 0. The number of aliphatic hydroxyl groups excluding tert-OH is 1. The molecule has 0 aliphatic rings. The molecular formula is C12H14O3. The first kappa shape index (κ1) is 10.2. The molecule has 0 saturated heterocycles. The molecule has 2 aromatic rings. The van der Waals surface area contributed by atoms with E-state index in [-0.39, 0.29) is 6.61 Å². The van der Waals surface area contributed by atoms with E-state index in [4.69, 9.17) is 14.3 Å². The van der Waals surface area contributed by atoms with Crippen LogP contribution in [0.5, 0.6) is 0 Å². The van der Waals surface area contributed by atoms with Crippen LogP contribution in [0, 0.1) is 0 Å². The second kappa shape index (κ2) is 4.47. The van der Waals surface area contributed by atoms with Gasteiger partial charge in [0.1, 0.15) is 18.0 Å². The zero-order chi connectivity index (χ0) is 10.7. The van der Waals surface area contributed by atoms with Gasteiger partial charge in [0.25, 0.3) is 0 Å². The molecule has 80 valence electrons. The zero-order valence-corrected chi connectivity index (χ0v) is 8.69. The summed E-state index contributed by atoms with van der Waals surface area (Å²) in [6, 6.07) is 7.60. The first-order valence-corrected chi connectivity index (χ1v) is 5.03. The van der Waals surface area contributed by atoms with Crippen molar-refractivity contribution in [3.63, 3.8) is 0 Å². The molecule has 0 aliphatic heterocycles. The molecule has 1 aromatic carbocycles. The zero-order valence-electron chi connectivity index (χ0n) is 8.69. The molecule has 0 radical (unpaired) electrons. The summed E-state index contributed by atoms with van der Waals surface area (Å²) in [4.78, 5) is 0. The van der Waals surface area contributed by atoms with Crippen LogP contribution in [0.25, 0.3) is 11.0 Å². The standard InChI is InChI=1S/C12H14O3/c1-2-14-8-11-6-10-5-9(7-13)3-4-12(10)15-11/h3-6,13H,2,7-8H2,1H3. The minimum atomic E-state index is 0.0575. The van der Waals surface area contributed by atoms with Crippen LogP contribution in [0.1, 0.15) is 18.2 Å². The molecule has 2 rings (SSSR count). The highest BCUT2D eigenvalue weighted by Gasteiger charge is 2.04. The fraction of sp³-hybridized carbons (Fsp3) is 0.333. The van der Waals surface area contributed by atoms with E-state index in [0.29, 0.717) is 13.2 Å². The van der Waals surface area contributed by atoms with Crippen molar-refractivity contribution in [3.8, 4) is 0 Å². The Hall–Kier alpha value is -1.32. The topological polar surface area (TPSA) is 42.6 Å². The summed E-state index contributed by atoms with van der Waals surface area (Å²) >= 11 is 0. The van der Waals surface area contributed by atoms with Gasteiger partial charge in [-0.25, -0.2) is 0 Å². The number of hydrogen-bond donors (Lipinski definition) is 1. The highest BCUT2D eigenvalue weighted by atomic mass is 16.5. The van der Waals surface area contributed by atoms with E-state index < -0.39 is 0 Å². The fourth-order valence-corrected chi connectivity index (χ4v) is 1.52. The molecule has 0 fully saturated rings. The van der Waals surface area contributed by atoms with Crippen molar-refractivity contribution in [1.29, 1.82) is 0 Å². The molecule has 0 amide bonds. The lowest BCUT2D eigenvalue weighted by Gasteiger charge is -1.94. The van der Waals surface area contributed by atoms with E-state index >= 15 is 0 Å². The number of benzene rings is 1. The Morgan fingerprint density at radius 3 is 2.93 bits per heavy atom. The molecule has 1 aromatic heterocycles. The van der Waals surface area contributed by atoms with E-state index in [1.54, 1.807) is 0 Å². The molecule has 3 nitrogen and oxygen atoms in total. The summed E-state index contributed by atoms with van der Waals surface area (Å²) in [6.45, 7) is 3.19. The summed E-state index contributed by atoms with van der Waals surface area (Å²) in [5.41, 5.74) is 1.73. The predicted molar refractivity (Wildman–Crippen MR) is 57.5 cm³/mol. The van der Waals surface area contributed by atoms with Gasteiger partial charge in [0, 0.05) is 12.0 Å². The van der Waals surface area contributed by atoms with Crippen LogP contribution in [-0.2, 0) is 18.0 Å². The molecule has 1 N–H and O–H groups in total. The number of aliphatic hydroxyl groups is 1. The quantitative estimate of drug-likeness (QED) is 0.835. The van der Waals surface area contributed by atoms with Gasteiger partial charge in [-0.2, -0.15) is 0 Å². The van der Waals surface area contributed by atoms with Gasteiger partial charge in [-0.05, 0) is 30.7 Å². The van der Waals surface area contributed by atoms with Crippen molar-refractivity contribution >= 4 is 11.0 Å². The monoisotopic (exact) mass is 206 g/mol. The predicted octanol–water partition coefficient (Wildman–Crippen LogP) is 2.46. The third-order valence-electron chi connectivity index (χ3n) is 2.26. The van der Waals surface area contributed by atoms with E-state index in [1.807, 2.05) is 31.2 Å². The van der Waals surface area contributed by atoms with Gasteiger partial charge < -0.3 is 14.3 Å². The third-order valence-corrected chi connectivity index (χ3v) is 2.26. The number of rotatable bonds is 4. The van der Waals surface area contributed by atoms with Crippen molar-refractivity contribution in [2.75, 3.05) is 6.61 Å². The van der Waals surface area contributed by atoms with Gasteiger partial charge in [0.2, 0.25) is 0 Å². The SMILES string of the molecule is CCOCc1cc2cc(CO)ccc2o1. The van der Waals surface area contributed by atoms with Crippen molar-refractivity contribution < 1.29 is 14.3 Å². The number of furan rings is 1. The lowest BCUT2D eigenvalue weighted by molar-refractivity contribution is 0.119. The van der Waals surface area contributed by atoms with Crippen molar-refractivity contribution in [2.45, 2.75) is 20.1 Å². The highest BCUT2D eigenvalue weighted by molar-refractivity contribution is 5.78. The van der Waals surface area contributed by atoms with Crippen LogP contribution in [0.4, 0.5) is 0 Å². The lowest BCUT2D eigenvalue weighted by Crippen LogP contribution is -1.88. The first-order valence-electron chi connectivity index (χ1n) is 5.03. The van der Waals surface area contributed by atoms with Crippen LogP contribution in [0.15, 0.2) is 28.7 Å². The van der Waals surface area contributed by atoms with Crippen LogP contribution in [0.3, 0.4) is 0 Å². The summed E-state index contributed by atoms with van der Waals surface area (Å²) < 4.78 is 10.8. The third kappa shape index (κ3) is 2.19. The van der Waals surface area contributed by atoms with Gasteiger partial charge in [-0.3, -0.25) is 0 Å². The van der Waals surface area contributed by atoms with Gasteiger partial charge in [0.05, 0.1) is 6.61 Å². The van der Waals surface area contributed by atoms with Crippen molar-refractivity contribution in [2.24, 2.45) is 0 Å². The average molecular weight is 206 g/mol. The van der Waals surface area contributed by atoms with Gasteiger partial charge in [-0.15, -0.1) is 0 Å². The summed E-state index contributed by atoms with van der Waals surface area (Å²) in [5.74, 6) is 0.821. The maximum Gasteiger partial charge on any atom is 0.134 e. The molecule has 15 heavy (non-hydrogen) atoms. The van der Waals surface area contributed by atoms with Gasteiger partial charge in [0.15, 0.2) is 0 Å². The summed E-state index contributed by atoms with van der Waals surface area (Å²) in [7, 11) is 0. The Morgan fingerprint density at radius 1 is 1.33 bits per heavy atom. The molecule has 0 saturated carbocycles. The Kier molecular flexibility index (Phi) is 3.04. The molecule has 1 heterocycles. The minimum Gasteiger partial charge on any atom is -0.459 e. The Morgan fingerprint density at radius 2 is 2.20 bits per heavy atom. The normalized spacial score (nSPS) is 11.1. The van der Waals surface area contributed by atoms with E-state index in [1.165, 1.54) is 0 Å². The molecular weight excluding hydrogens is 192 g/mol. The van der Waals surface area contributed by atoms with Crippen LogP contribution in [-0.4, -0.2) is 11.7 Å². The Labute approximate surface area is 88.3 Å². The van der Waals surface area contributed by atoms with E-state index in [0.717, 1.165) is 22.3 Å². The smallest absolute Gasteiger partial charge is 0.134 e. The van der Waals surface area contributed by atoms with Gasteiger partial charge >= 0.3 is 0 Å². The van der Waals surface area contributed by atoms with Crippen molar-refractivity contribution in [1.82, 2.24) is 0 Å². The number of fused-ring (bicyclic) bond motifs is 1. The molecule has 3 heteroatoms. The molecule has 0 bridgehead atoms. The second-order valence-electron chi connectivity index (χ2n) is 3.38. The molecule has 0 aliphatic carbocycles. The van der Waals surface area contributed by atoms with Crippen LogP contribution < -0.4 is 0 Å². The minimum absolute atomic E-state index is 0.0575. The average Bonchev–Trinajstić information content (AvgIpc) is 2.67. The first-order chi connectivity index (χ1) is 7.33. The maximum atomic E-state index is 8.99. The largest absolute Gasteiger partial charge is 0.459 e. The Bertz CT molecular complexity index is 445. The number of hydrogen-bond acceptors (Lipinski definition) is 3. The van der Waals surface area contributed by atoms with E-state index in [2.05, 4.69) is 0 Å². The highest BCUT2D eigenvalue weighted by Crippen LogP contribution is 2.21. The summed E-state index contributed by atoms with van der Waals surface area (Å²) in [5, 5.41) is 10.0. The van der Waals surface area contributed by atoms with E-state index in [9.17, 15) is 0 Å². The molecule has 0 atom stereocenters. The maximum absolute atomic E-state index is 8.99. The van der Waals surface area contributed by atoms with Gasteiger partial charge in [-0.1, -0.05) is 6.07 Å². The second-order valence-corrected chi connectivity index (χ2v) is 3.38. The molecule has 0 spiro atoms.